The highest BCUT2D eigenvalue weighted by Gasteiger charge is 2.08. The van der Waals surface area contributed by atoms with E-state index in [-0.39, 0.29) is 5.82 Å². The van der Waals surface area contributed by atoms with E-state index in [1.807, 2.05) is 18.2 Å². The molecule has 3 rings (SSSR count). The first-order valence-corrected chi connectivity index (χ1v) is 6.49. The zero-order valence-corrected chi connectivity index (χ0v) is 11.8. The van der Waals surface area contributed by atoms with Crippen LogP contribution in [0.25, 0.3) is 22.0 Å². The number of methoxy groups -OCH3 is 2. The van der Waals surface area contributed by atoms with Gasteiger partial charge in [0, 0.05) is 17.1 Å². The molecule has 106 valence electrons. The molecule has 0 aliphatic rings. The normalized spacial score (nSPS) is 10.6. The van der Waals surface area contributed by atoms with E-state index in [0.717, 1.165) is 11.1 Å². The molecule has 2 aromatic carbocycles. The average molecular weight is 283 g/mol. The van der Waals surface area contributed by atoms with Crippen LogP contribution in [0.4, 0.5) is 4.39 Å². The highest BCUT2D eigenvalue weighted by Crippen LogP contribution is 2.33. The second kappa shape index (κ2) is 5.40. The number of rotatable bonds is 3. The van der Waals surface area contributed by atoms with Crippen molar-refractivity contribution in [3.8, 4) is 22.6 Å². The average Bonchev–Trinajstić information content (AvgIpc) is 2.54. The topological polar surface area (TPSA) is 31.4 Å². The Bertz CT molecular complexity index is 802. The second-order valence-corrected chi connectivity index (χ2v) is 4.60. The minimum atomic E-state index is -0.276. The maximum Gasteiger partial charge on any atom is 0.161 e. The van der Waals surface area contributed by atoms with E-state index in [2.05, 4.69) is 4.98 Å². The maximum absolute atomic E-state index is 13.9. The predicted octanol–water partition coefficient (Wildman–Crippen LogP) is 4.06. The largest absolute Gasteiger partial charge is 0.493 e. The molecule has 1 heterocycles. The van der Waals surface area contributed by atoms with Crippen LogP contribution < -0.4 is 9.47 Å². The molecule has 0 atom stereocenters. The van der Waals surface area contributed by atoms with Gasteiger partial charge in [-0.05, 0) is 35.9 Å². The van der Waals surface area contributed by atoms with Crippen LogP contribution in [0.15, 0.2) is 48.7 Å². The van der Waals surface area contributed by atoms with Crippen LogP contribution in [0.1, 0.15) is 0 Å². The molecule has 0 saturated carbocycles. The fraction of sp³-hybridized carbons (Fsp3) is 0.118. The van der Waals surface area contributed by atoms with Crippen molar-refractivity contribution in [3.63, 3.8) is 0 Å². The number of pyridine rings is 1. The minimum absolute atomic E-state index is 0.276. The smallest absolute Gasteiger partial charge is 0.161 e. The molecule has 0 aliphatic carbocycles. The van der Waals surface area contributed by atoms with Gasteiger partial charge in [-0.3, -0.25) is 4.98 Å². The van der Waals surface area contributed by atoms with E-state index in [9.17, 15) is 4.39 Å². The van der Waals surface area contributed by atoms with Gasteiger partial charge in [0.25, 0.3) is 0 Å². The monoisotopic (exact) mass is 283 g/mol. The zero-order valence-electron chi connectivity index (χ0n) is 11.8. The fourth-order valence-corrected chi connectivity index (χ4v) is 2.29. The summed E-state index contributed by atoms with van der Waals surface area (Å²) in [6.45, 7) is 0. The van der Waals surface area contributed by atoms with Gasteiger partial charge in [-0.2, -0.15) is 0 Å². The van der Waals surface area contributed by atoms with Crippen molar-refractivity contribution in [3.05, 3.63) is 54.5 Å². The van der Waals surface area contributed by atoms with Crippen LogP contribution in [0.5, 0.6) is 11.5 Å². The molecule has 0 aliphatic heterocycles. The van der Waals surface area contributed by atoms with Crippen molar-refractivity contribution in [2.75, 3.05) is 14.2 Å². The lowest BCUT2D eigenvalue weighted by molar-refractivity contribution is 0.355. The van der Waals surface area contributed by atoms with Gasteiger partial charge in [-0.15, -0.1) is 0 Å². The second-order valence-electron chi connectivity index (χ2n) is 4.60. The summed E-state index contributed by atoms with van der Waals surface area (Å²) < 4.78 is 24.4. The Balaban J connectivity index is 2.14. The summed E-state index contributed by atoms with van der Waals surface area (Å²) in [7, 11) is 3.17. The van der Waals surface area contributed by atoms with Crippen LogP contribution in [0, 0.1) is 5.82 Å². The number of ether oxygens (including phenoxy) is 2. The first-order valence-electron chi connectivity index (χ1n) is 6.49. The Morgan fingerprint density at radius 1 is 0.905 bits per heavy atom. The predicted molar refractivity (Wildman–Crippen MR) is 80.2 cm³/mol. The van der Waals surface area contributed by atoms with Gasteiger partial charge in [0.1, 0.15) is 5.82 Å². The standard InChI is InChI=1S/C17H14FNO2/c1-20-16-7-6-11(9-17(16)21-2)12-8-13-14(18)4-3-5-15(13)19-10-12/h3-10H,1-2H3. The van der Waals surface area contributed by atoms with Crippen LogP contribution >= 0.6 is 0 Å². The van der Waals surface area contributed by atoms with Gasteiger partial charge < -0.3 is 9.47 Å². The summed E-state index contributed by atoms with van der Waals surface area (Å²) in [5.74, 6) is 1.01. The lowest BCUT2D eigenvalue weighted by Crippen LogP contribution is -1.91. The lowest BCUT2D eigenvalue weighted by atomic mass is 10.0. The van der Waals surface area contributed by atoms with Gasteiger partial charge in [-0.1, -0.05) is 12.1 Å². The molecule has 0 N–H and O–H groups in total. The molecule has 0 bridgehead atoms. The van der Waals surface area contributed by atoms with E-state index in [4.69, 9.17) is 9.47 Å². The van der Waals surface area contributed by atoms with Crippen molar-refractivity contribution in [2.45, 2.75) is 0 Å². The van der Waals surface area contributed by atoms with Crippen LogP contribution in [-0.2, 0) is 0 Å². The van der Waals surface area contributed by atoms with E-state index in [1.165, 1.54) is 6.07 Å². The highest BCUT2D eigenvalue weighted by atomic mass is 19.1. The number of benzene rings is 2. The first-order chi connectivity index (χ1) is 10.2. The third kappa shape index (κ3) is 2.40. The van der Waals surface area contributed by atoms with Crippen LogP contribution in [-0.4, -0.2) is 19.2 Å². The molecule has 0 saturated heterocycles. The third-order valence-corrected chi connectivity index (χ3v) is 3.39. The molecule has 4 heteroatoms. The number of aromatic nitrogens is 1. The molecule has 0 unspecified atom stereocenters. The summed E-state index contributed by atoms with van der Waals surface area (Å²) >= 11 is 0. The first kappa shape index (κ1) is 13.4. The Morgan fingerprint density at radius 3 is 2.48 bits per heavy atom. The minimum Gasteiger partial charge on any atom is -0.493 e. The van der Waals surface area contributed by atoms with Crippen molar-refractivity contribution in [2.24, 2.45) is 0 Å². The molecule has 3 nitrogen and oxygen atoms in total. The maximum atomic E-state index is 13.9. The number of fused-ring (bicyclic) bond motifs is 1. The summed E-state index contributed by atoms with van der Waals surface area (Å²) in [5.41, 5.74) is 2.36. The van der Waals surface area contributed by atoms with Gasteiger partial charge in [-0.25, -0.2) is 4.39 Å². The van der Waals surface area contributed by atoms with Crippen molar-refractivity contribution >= 4 is 10.9 Å². The third-order valence-electron chi connectivity index (χ3n) is 3.39. The number of hydrogen-bond donors (Lipinski definition) is 0. The van der Waals surface area contributed by atoms with Crippen molar-refractivity contribution in [1.82, 2.24) is 4.98 Å². The molecule has 0 amide bonds. The zero-order chi connectivity index (χ0) is 14.8. The van der Waals surface area contributed by atoms with E-state index in [1.54, 1.807) is 38.6 Å². The van der Waals surface area contributed by atoms with Gasteiger partial charge in [0.05, 0.1) is 19.7 Å². The summed E-state index contributed by atoms with van der Waals surface area (Å²) in [5, 5.41) is 0.504. The molecular formula is C17H14FNO2. The number of halogens is 1. The van der Waals surface area contributed by atoms with Crippen molar-refractivity contribution in [1.29, 1.82) is 0 Å². The number of nitrogens with zero attached hydrogens (tertiary/aromatic N) is 1. The molecular weight excluding hydrogens is 269 g/mol. The Labute approximate surface area is 122 Å². The molecule has 1 aromatic heterocycles. The molecule has 3 aromatic rings. The quantitative estimate of drug-likeness (QED) is 0.726. The summed E-state index contributed by atoms with van der Waals surface area (Å²) in [6.07, 6.45) is 1.73. The van der Waals surface area contributed by atoms with Gasteiger partial charge in [0.15, 0.2) is 11.5 Å². The molecule has 0 radical (unpaired) electrons. The lowest BCUT2D eigenvalue weighted by Gasteiger charge is -2.10. The Hall–Kier alpha value is -2.62. The number of hydrogen-bond acceptors (Lipinski definition) is 3. The Morgan fingerprint density at radius 2 is 1.71 bits per heavy atom. The Kier molecular flexibility index (Phi) is 3.44. The van der Waals surface area contributed by atoms with Gasteiger partial charge >= 0.3 is 0 Å². The molecule has 0 fully saturated rings. The van der Waals surface area contributed by atoms with E-state index in [0.29, 0.717) is 22.4 Å². The molecule has 0 spiro atoms. The van der Waals surface area contributed by atoms with Crippen LogP contribution in [0.3, 0.4) is 0 Å². The van der Waals surface area contributed by atoms with Gasteiger partial charge in [0.2, 0.25) is 0 Å². The van der Waals surface area contributed by atoms with Crippen LogP contribution in [0.2, 0.25) is 0 Å². The van der Waals surface area contributed by atoms with E-state index < -0.39 is 0 Å². The highest BCUT2D eigenvalue weighted by molar-refractivity contribution is 5.84. The molecule has 21 heavy (non-hydrogen) atoms. The van der Waals surface area contributed by atoms with E-state index >= 15 is 0 Å². The summed E-state index contributed by atoms with van der Waals surface area (Å²) in [4.78, 5) is 4.30. The summed E-state index contributed by atoms with van der Waals surface area (Å²) in [6, 6.07) is 12.2. The SMILES string of the molecule is COc1ccc(-c2cnc3cccc(F)c3c2)cc1OC. The fourth-order valence-electron chi connectivity index (χ4n) is 2.29. The van der Waals surface area contributed by atoms with Crippen molar-refractivity contribution < 1.29 is 13.9 Å².